The number of hydrogen-bond acceptors (Lipinski definition) is 5. The van der Waals surface area contributed by atoms with E-state index in [9.17, 15) is 14.4 Å². The highest BCUT2D eigenvalue weighted by Crippen LogP contribution is 2.30. The van der Waals surface area contributed by atoms with Gasteiger partial charge in [-0.1, -0.05) is 18.2 Å². The van der Waals surface area contributed by atoms with Crippen LogP contribution in [0.4, 0.5) is 16.0 Å². The fourth-order valence-corrected chi connectivity index (χ4v) is 4.14. The lowest BCUT2D eigenvalue weighted by Gasteiger charge is -2.29. The molecule has 0 bridgehead atoms. The van der Waals surface area contributed by atoms with Gasteiger partial charge < -0.3 is 9.80 Å². The van der Waals surface area contributed by atoms with Gasteiger partial charge in [0.05, 0.1) is 22.9 Å². The maximum Gasteiger partial charge on any atom is 0.262 e. The van der Waals surface area contributed by atoms with Crippen molar-refractivity contribution >= 4 is 17.5 Å². The highest BCUT2D eigenvalue weighted by molar-refractivity contribution is 6.10. The van der Waals surface area contributed by atoms with E-state index in [1.54, 1.807) is 47.4 Å². The first-order chi connectivity index (χ1) is 16.0. The van der Waals surface area contributed by atoms with Gasteiger partial charge in [-0.25, -0.2) is 14.4 Å². The summed E-state index contributed by atoms with van der Waals surface area (Å²) in [4.78, 5) is 26.7. The maximum absolute atomic E-state index is 14.8. The molecule has 0 radical (unpaired) electrons. The van der Waals surface area contributed by atoms with Crippen molar-refractivity contribution in [3.63, 3.8) is 0 Å². The van der Waals surface area contributed by atoms with Crippen LogP contribution in [0.2, 0.25) is 0 Å². The predicted octanol–water partition coefficient (Wildman–Crippen LogP) is 5.20. The third-order valence-corrected chi connectivity index (χ3v) is 5.76. The van der Waals surface area contributed by atoms with Crippen LogP contribution in [0.25, 0.3) is 11.3 Å². The molecule has 1 aliphatic heterocycles. The molecule has 1 aliphatic rings. The Morgan fingerprint density at radius 2 is 1.88 bits per heavy atom. The minimum atomic E-state index is -0.447. The summed E-state index contributed by atoms with van der Waals surface area (Å²) >= 11 is 0. The van der Waals surface area contributed by atoms with E-state index >= 15 is 0 Å². The summed E-state index contributed by atoms with van der Waals surface area (Å²) in [7, 11) is 0. The van der Waals surface area contributed by atoms with Crippen molar-refractivity contribution in [3.8, 4) is 17.3 Å². The van der Waals surface area contributed by atoms with E-state index in [4.69, 9.17) is 4.98 Å². The van der Waals surface area contributed by atoms with Gasteiger partial charge in [-0.3, -0.25) is 4.79 Å². The molecule has 1 aromatic heterocycles. The largest absolute Gasteiger partial charge is 0.341 e. The van der Waals surface area contributed by atoms with Crippen LogP contribution in [-0.4, -0.2) is 35.0 Å². The third-order valence-electron chi connectivity index (χ3n) is 5.76. The summed E-state index contributed by atoms with van der Waals surface area (Å²) in [6, 6.07) is 15.1. The lowest BCUT2D eigenvalue weighted by Crippen LogP contribution is -2.38. The highest BCUT2D eigenvalue weighted by Gasteiger charge is 2.27. The van der Waals surface area contributed by atoms with Crippen molar-refractivity contribution in [1.29, 1.82) is 5.26 Å². The number of carbonyl (C=O) groups excluding carboxylic acids is 1. The number of benzene rings is 2. The topological polar surface area (TPSA) is 73.1 Å². The van der Waals surface area contributed by atoms with Crippen LogP contribution in [0, 0.1) is 17.1 Å². The first-order valence-corrected chi connectivity index (χ1v) is 11.2. The molecule has 2 aromatic carbocycles. The van der Waals surface area contributed by atoms with Crippen LogP contribution in [0.5, 0.6) is 0 Å². The van der Waals surface area contributed by atoms with Crippen LogP contribution < -0.4 is 9.80 Å². The normalized spacial score (nSPS) is 13.6. The van der Waals surface area contributed by atoms with Crippen molar-refractivity contribution in [1.82, 2.24) is 9.97 Å². The molecule has 33 heavy (non-hydrogen) atoms. The molecule has 4 rings (SSSR count). The van der Waals surface area contributed by atoms with Crippen LogP contribution in [0.15, 0.2) is 54.7 Å². The van der Waals surface area contributed by atoms with Crippen molar-refractivity contribution in [2.75, 3.05) is 22.9 Å². The average molecular weight is 444 g/mol. The maximum atomic E-state index is 14.8. The van der Waals surface area contributed by atoms with Gasteiger partial charge in [0.2, 0.25) is 5.95 Å². The molecule has 168 valence electrons. The van der Waals surface area contributed by atoms with E-state index in [2.05, 4.69) is 16.0 Å². The lowest BCUT2D eigenvalue weighted by molar-refractivity contribution is 0.0980. The minimum absolute atomic E-state index is 0.207. The van der Waals surface area contributed by atoms with E-state index in [0.717, 1.165) is 25.9 Å². The van der Waals surface area contributed by atoms with Gasteiger partial charge >= 0.3 is 0 Å². The zero-order chi connectivity index (χ0) is 23.4. The molecule has 0 unspecified atom stereocenters. The second kappa shape index (κ2) is 9.78. The van der Waals surface area contributed by atoms with Crippen LogP contribution >= 0.6 is 0 Å². The first kappa shape index (κ1) is 22.4. The number of piperidine rings is 1. The summed E-state index contributed by atoms with van der Waals surface area (Å²) in [5.41, 5.74) is 1.80. The standard InChI is InChI=1S/C26H26FN5O/c1-18(2)32(20-10-8-9-19(15-20)16-28)25(33)22-17-29-26(31-13-6-3-7-14-31)30-24(22)21-11-4-5-12-23(21)27/h4-5,8-12,15,17-18H,3,6-7,13-14H2,1-2H3. The molecular weight excluding hydrogens is 417 g/mol. The third kappa shape index (κ3) is 4.70. The van der Waals surface area contributed by atoms with E-state index in [1.807, 2.05) is 13.8 Å². The Kier molecular flexibility index (Phi) is 6.64. The van der Waals surface area contributed by atoms with Gasteiger partial charge in [-0.15, -0.1) is 0 Å². The lowest BCUT2D eigenvalue weighted by atomic mass is 10.0. The zero-order valence-electron chi connectivity index (χ0n) is 18.8. The van der Waals surface area contributed by atoms with Gasteiger partial charge in [0.25, 0.3) is 5.91 Å². The minimum Gasteiger partial charge on any atom is -0.341 e. The van der Waals surface area contributed by atoms with Crippen LogP contribution in [-0.2, 0) is 0 Å². The number of hydrogen-bond donors (Lipinski definition) is 0. The summed E-state index contributed by atoms with van der Waals surface area (Å²) in [6.07, 6.45) is 4.77. The Bertz CT molecular complexity index is 1200. The molecule has 3 aromatic rings. The molecule has 0 atom stereocenters. The van der Waals surface area contributed by atoms with Crippen LogP contribution in [0.3, 0.4) is 0 Å². The number of anilines is 2. The van der Waals surface area contributed by atoms with Gasteiger partial charge in [0, 0.05) is 36.6 Å². The number of halogens is 1. The van der Waals surface area contributed by atoms with Crippen LogP contribution in [0.1, 0.15) is 49.0 Å². The smallest absolute Gasteiger partial charge is 0.262 e. The predicted molar refractivity (Wildman–Crippen MR) is 127 cm³/mol. The number of aromatic nitrogens is 2. The van der Waals surface area contributed by atoms with Gasteiger partial charge in [0.1, 0.15) is 5.82 Å². The quantitative estimate of drug-likeness (QED) is 0.542. The molecule has 1 saturated heterocycles. The highest BCUT2D eigenvalue weighted by atomic mass is 19.1. The molecule has 7 heteroatoms. The monoisotopic (exact) mass is 443 g/mol. The Hall–Kier alpha value is -3.79. The zero-order valence-corrected chi connectivity index (χ0v) is 18.8. The SMILES string of the molecule is CC(C)N(C(=O)c1cnc(N2CCCCC2)nc1-c1ccccc1F)c1cccc(C#N)c1. The number of amides is 1. The molecule has 2 heterocycles. The second-order valence-electron chi connectivity index (χ2n) is 8.39. The Morgan fingerprint density at radius 1 is 1.12 bits per heavy atom. The van der Waals surface area contributed by atoms with E-state index in [0.29, 0.717) is 17.2 Å². The number of nitriles is 1. The molecule has 0 spiro atoms. The Balaban J connectivity index is 1.83. The Labute approximate surface area is 193 Å². The first-order valence-electron chi connectivity index (χ1n) is 11.2. The molecule has 1 fully saturated rings. The van der Waals surface area contributed by atoms with Crippen molar-refractivity contribution in [2.24, 2.45) is 0 Å². The van der Waals surface area contributed by atoms with E-state index in [1.165, 1.54) is 18.7 Å². The second-order valence-corrected chi connectivity index (χ2v) is 8.39. The molecule has 0 N–H and O–H groups in total. The van der Waals surface area contributed by atoms with Crippen molar-refractivity contribution < 1.29 is 9.18 Å². The van der Waals surface area contributed by atoms with E-state index < -0.39 is 5.82 Å². The molecule has 0 saturated carbocycles. The van der Waals surface area contributed by atoms with E-state index in [-0.39, 0.29) is 28.8 Å². The number of nitrogens with zero attached hydrogens (tertiary/aromatic N) is 5. The Morgan fingerprint density at radius 3 is 2.58 bits per heavy atom. The number of carbonyl (C=O) groups is 1. The fourth-order valence-electron chi connectivity index (χ4n) is 4.14. The fraction of sp³-hybridized carbons (Fsp3) is 0.308. The molecule has 1 amide bonds. The summed E-state index contributed by atoms with van der Waals surface area (Å²) in [5, 5.41) is 9.30. The summed E-state index contributed by atoms with van der Waals surface area (Å²) in [5.74, 6) is -0.284. The van der Waals surface area contributed by atoms with Crippen molar-refractivity contribution in [3.05, 3.63) is 71.7 Å². The molecule has 0 aliphatic carbocycles. The molecule has 6 nitrogen and oxygen atoms in total. The number of rotatable bonds is 5. The summed E-state index contributed by atoms with van der Waals surface area (Å²) < 4.78 is 14.8. The summed E-state index contributed by atoms with van der Waals surface area (Å²) in [6.45, 7) is 5.46. The van der Waals surface area contributed by atoms with Crippen molar-refractivity contribution in [2.45, 2.75) is 39.2 Å². The van der Waals surface area contributed by atoms with Gasteiger partial charge in [-0.2, -0.15) is 5.26 Å². The average Bonchev–Trinajstić information content (AvgIpc) is 2.84. The molecular formula is C26H26FN5O. The van der Waals surface area contributed by atoms with Gasteiger partial charge in [-0.05, 0) is 63.4 Å². The van der Waals surface area contributed by atoms with Gasteiger partial charge in [0.15, 0.2) is 0 Å².